The zero-order valence-corrected chi connectivity index (χ0v) is 16.1. The van der Waals surface area contributed by atoms with E-state index in [9.17, 15) is 18.0 Å². The van der Waals surface area contributed by atoms with Crippen molar-refractivity contribution in [3.63, 3.8) is 0 Å². The van der Waals surface area contributed by atoms with Gasteiger partial charge in [0.2, 0.25) is 5.91 Å². The molecule has 1 unspecified atom stereocenters. The SMILES string of the molecule is CN1C(=NC2CCCCC2)SCC1CC(=O)Nc1cccc(C(F)(F)F)c1. The topological polar surface area (TPSA) is 44.7 Å². The molecule has 2 aliphatic rings. The second-order valence-electron chi connectivity index (χ2n) is 7.11. The van der Waals surface area contributed by atoms with Crippen LogP contribution in [-0.4, -0.2) is 40.9 Å². The van der Waals surface area contributed by atoms with Gasteiger partial charge in [0.1, 0.15) is 0 Å². The molecule has 0 bridgehead atoms. The Bertz CT molecular complexity index is 702. The van der Waals surface area contributed by atoms with Gasteiger partial charge >= 0.3 is 6.18 Å². The molecular formula is C19H24F3N3OS. The van der Waals surface area contributed by atoms with Crippen molar-refractivity contribution in [2.75, 3.05) is 18.1 Å². The summed E-state index contributed by atoms with van der Waals surface area (Å²) in [6.45, 7) is 0. The van der Waals surface area contributed by atoms with Crippen LogP contribution in [0.15, 0.2) is 29.3 Å². The fourth-order valence-electron chi connectivity index (χ4n) is 3.43. The van der Waals surface area contributed by atoms with E-state index < -0.39 is 11.7 Å². The quantitative estimate of drug-likeness (QED) is 0.793. The molecule has 2 fully saturated rings. The zero-order chi connectivity index (χ0) is 19.4. The van der Waals surface area contributed by atoms with Crippen LogP contribution in [0.5, 0.6) is 0 Å². The molecule has 3 rings (SSSR count). The number of aliphatic imine (C=N–C) groups is 1. The van der Waals surface area contributed by atoms with Crippen molar-refractivity contribution in [1.82, 2.24) is 4.90 Å². The standard InChI is InChI=1S/C19H24F3N3OS/c1-25-16(12-27-18(25)24-14-7-3-2-4-8-14)11-17(26)23-15-9-5-6-13(10-15)19(20,21)22/h5-6,9-10,14,16H,2-4,7-8,11-12H2,1H3,(H,23,26). The van der Waals surface area contributed by atoms with E-state index in [0.29, 0.717) is 6.04 Å². The number of anilines is 1. The number of benzene rings is 1. The predicted molar refractivity (Wildman–Crippen MR) is 103 cm³/mol. The third-order valence-electron chi connectivity index (χ3n) is 5.02. The van der Waals surface area contributed by atoms with E-state index >= 15 is 0 Å². The first-order valence-electron chi connectivity index (χ1n) is 9.23. The molecule has 8 heteroatoms. The van der Waals surface area contributed by atoms with Crippen LogP contribution in [0.4, 0.5) is 18.9 Å². The number of hydrogen-bond acceptors (Lipinski definition) is 3. The minimum absolute atomic E-state index is 0.00291. The van der Waals surface area contributed by atoms with E-state index in [1.807, 2.05) is 11.9 Å². The van der Waals surface area contributed by atoms with Crippen LogP contribution in [0, 0.1) is 0 Å². The molecule has 1 atom stereocenters. The molecule has 1 saturated carbocycles. The lowest BCUT2D eigenvalue weighted by Crippen LogP contribution is -2.34. The van der Waals surface area contributed by atoms with Crippen molar-refractivity contribution in [2.45, 2.75) is 56.8 Å². The van der Waals surface area contributed by atoms with E-state index in [-0.39, 0.29) is 24.1 Å². The summed E-state index contributed by atoms with van der Waals surface area (Å²) in [7, 11) is 1.93. The fraction of sp³-hybridized carbons (Fsp3) is 0.579. The maximum Gasteiger partial charge on any atom is 0.416 e. The Hall–Kier alpha value is -1.70. The van der Waals surface area contributed by atoms with E-state index in [2.05, 4.69) is 5.32 Å². The van der Waals surface area contributed by atoms with Crippen LogP contribution in [0.1, 0.15) is 44.1 Å². The fourth-order valence-corrected chi connectivity index (χ4v) is 4.69. The number of alkyl halides is 3. The highest BCUT2D eigenvalue weighted by atomic mass is 32.2. The zero-order valence-electron chi connectivity index (χ0n) is 15.3. The molecule has 1 aromatic carbocycles. The first-order valence-corrected chi connectivity index (χ1v) is 10.2. The smallest absolute Gasteiger partial charge is 0.350 e. The normalized spacial score (nSPS) is 23.0. The number of thioether (sulfide) groups is 1. The largest absolute Gasteiger partial charge is 0.416 e. The molecule has 0 aromatic heterocycles. The van der Waals surface area contributed by atoms with Crippen molar-refractivity contribution >= 4 is 28.5 Å². The first kappa shape index (κ1) is 20.0. The molecule has 1 heterocycles. The lowest BCUT2D eigenvalue weighted by Gasteiger charge is -2.23. The Morgan fingerprint density at radius 2 is 2.04 bits per heavy atom. The predicted octanol–water partition coefficient (Wildman–Crippen LogP) is 4.77. The van der Waals surface area contributed by atoms with Crippen LogP contribution in [0.25, 0.3) is 0 Å². The van der Waals surface area contributed by atoms with E-state index in [4.69, 9.17) is 4.99 Å². The summed E-state index contributed by atoms with van der Waals surface area (Å²) in [6, 6.07) is 5.09. The van der Waals surface area contributed by atoms with Gasteiger partial charge in [0.05, 0.1) is 11.6 Å². The maximum atomic E-state index is 12.8. The van der Waals surface area contributed by atoms with Gasteiger partial charge in [-0.05, 0) is 31.0 Å². The summed E-state index contributed by atoms with van der Waals surface area (Å²) in [5.41, 5.74) is -0.602. The lowest BCUT2D eigenvalue weighted by molar-refractivity contribution is -0.137. The van der Waals surface area contributed by atoms with Crippen LogP contribution in [-0.2, 0) is 11.0 Å². The summed E-state index contributed by atoms with van der Waals surface area (Å²) < 4.78 is 38.4. The molecule has 1 amide bonds. The van der Waals surface area contributed by atoms with Crippen LogP contribution >= 0.6 is 11.8 Å². The van der Waals surface area contributed by atoms with Crippen LogP contribution in [0.3, 0.4) is 0 Å². The number of amides is 1. The van der Waals surface area contributed by atoms with Crippen LogP contribution < -0.4 is 5.32 Å². The molecule has 1 aliphatic heterocycles. The molecule has 0 spiro atoms. The minimum atomic E-state index is -4.42. The molecule has 1 N–H and O–H groups in total. The number of amidine groups is 1. The van der Waals surface area contributed by atoms with Gasteiger partial charge in [-0.3, -0.25) is 9.79 Å². The maximum absolute atomic E-state index is 12.8. The Labute approximate surface area is 161 Å². The Morgan fingerprint density at radius 3 is 2.74 bits per heavy atom. The summed E-state index contributed by atoms with van der Waals surface area (Å²) in [5.74, 6) is 0.476. The molecule has 27 heavy (non-hydrogen) atoms. The third-order valence-corrected chi connectivity index (χ3v) is 6.22. The molecule has 4 nitrogen and oxygen atoms in total. The monoisotopic (exact) mass is 399 g/mol. The summed E-state index contributed by atoms with van der Waals surface area (Å²) in [4.78, 5) is 19.2. The molecule has 148 valence electrons. The number of nitrogens with zero attached hydrogens (tertiary/aromatic N) is 2. The molecule has 0 radical (unpaired) electrons. The van der Waals surface area contributed by atoms with Crippen molar-refractivity contribution in [3.05, 3.63) is 29.8 Å². The van der Waals surface area contributed by atoms with Gasteiger partial charge in [-0.2, -0.15) is 13.2 Å². The summed E-state index contributed by atoms with van der Waals surface area (Å²) >= 11 is 1.65. The van der Waals surface area contributed by atoms with Crippen molar-refractivity contribution in [2.24, 2.45) is 4.99 Å². The number of halogens is 3. The van der Waals surface area contributed by atoms with Gasteiger partial charge in [0.25, 0.3) is 0 Å². The van der Waals surface area contributed by atoms with Gasteiger partial charge in [-0.25, -0.2) is 0 Å². The van der Waals surface area contributed by atoms with Crippen LogP contribution in [0.2, 0.25) is 0 Å². The average molecular weight is 399 g/mol. The number of carbonyl (C=O) groups excluding carboxylic acids is 1. The number of carbonyl (C=O) groups is 1. The number of rotatable bonds is 4. The Morgan fingerprint density at radius 1 is 1.30 bits per heavy atom. The number of hydrogen-bond donors (Lipinski definition) is 1. The van der Waals surface area contributed by atoms with E-state index in [1.165, 1.54) is 31.4 Å². The minimum Gasteiger partial charge on any atom is -0.350 e. The van der Waals surface area contributed by atoms with Gasteiger partial charge < -0.3 is 10.2 Å². The molecule has 1 aromatic rings. The van der Waals surface area contributed by atoms with Crippen molar-refractivity contribution in [3.8, 4) is 0 Å². The highest BCUT2D eigenvalue weighted by Crippen LogP contribution is 2.31. The average Bonchev–Trinajstić information content (AvgIpc) is 2.95. The Kier molecular flexibility index (Phi) is 6.34. The number of nitrogens with one attached hydrogen (secondary N) is 1. The van der Waals surface area contributed by atoms with E-state index in [0.717, 1.165) is 35.9 Å². The molecule has 1 saturated heterocycles. The lowest BCUT2D eigenvalue weighted by atomic mass is 9.96. The van der Waals surface area contributed by atoms with Gasteiger partial charge in [-0.15, -0.1) is 0 Å². The summed E-state index contributed by atoms with van der Waals surface area (Å²) in [6.07, 6.45) is 1.77. The van der Waals surface area contributed by atoms with Gasteiger partial charge in [0, 0.05) is 31.0 Å². The van der Waals surface area contributed by atoms with Crippen molar-refractivity contribution in [1.29, 1.82) is 0 Å². The highest BCUT2D eigenvalue weighted by Gasteiger charge is 2.32. The Balaban J connectivity index is 1.56. The molecular weight excluding hydrogens is 375 g/mol. The summed E-state index contributed by atoms with van der Waals surface area (Å²) in [5, 5.41) is 3.55. The second kappa shape index (κ2) is 8.54. The molecule has 1 aliphatic carbocycles. The van der Waals surface area contributed by atoms with Gasteiger partial charge in [0.15, 0.2) is 5.17 Å². The third kappa shape index (κ3) is 5.40. The second-order valence-corrected chi connectivity index (χ2v) is 8.10. The van der Waals surface area contributed by atoms with E-state index in [1.54, 1.807) is 11.8 Å². The first-order chi connectivity index (χ1) is 12.8. The highest BCUT2D eigenvalue weighted by molar-refractivity contribution is 8.14. The van der Waals surface area contributed by atoms with Gasteiger partial charge in [-0.1, -0.05) is 37.1 Å². The van der Waals surface area contributed by atoms with Crippen molar-refractivity contribution < 1.29 is 18.0 Å².